The summed E-state index contributed by atoms with van der Waals surface area (Å²) in [5.74, 6) is 0.546. The molecule has 0 saturated carbocycles. The van der Waals surface area contributed by atoms with Crippen LogP contribution in [0, 0.1) is 19.8 Å². The summed E-state index contributed by atoms with van der Waals surface area (Å²) in [6.07, 6.45) is 8.73. The van der Waals surface area contributed by atoms with Crippen molar-refractivity contribution in [3.05, 3.63) is 94.3 Å². The van der Waals surface area contributed by atoms with Gasteiger partial charge in [0.25, 0.3) is 11.8 Å². The van der Waals surface area contributed by atoms with E-state index >= 15 is 0 Å². The molecule has 2 amide bonds. The van der Waals surface area contributed by atoms with Crippen LogP contribution >= 0.6 is 0 Å². The monoisotopic (exact) mass is 496 g/mol. The lowest BCUT2D eigenvalue weighted by atomic mass is 9.93. The van der Waals surface area contributed by atoms with E-state index in [1.165, 1.54) is 11.3 Å². The van der Waals surface area contributed by atoms with Gasteiger partial charge in [0.1, 0.15) is 0 Å². The first-order valence-corrected chi connectivity index (χ1v) is 13.4. The SMILES string of the molecule is Cc1cccc(C)c1C(=O)NC1CCc2ccc(C(=O)NCCC3CCN(c4ccncc4)CC3)cc21. The van der Waals surface area contributed by atoms with Crippen molar-refractivity contribution in [1.82, 2.24) is 15.6 Å². The summed E-state index contributed by atoms with van der Waals surface area (Å²) in [7, 11) is 0. The molecule has 0 radical (unpaired) electrons. The molecular weight excluding hydrogens is 460 g/mol. The Balaban J connectivity index is 1.14. The summed E-state index contributed by atoms with van der Waals surface area (Å²) in [6, 6.07) is 15.9. The Bertz CT molecular complexity index is 1250. The molecule has 0 bridgehead atoms. The molecule has 0 spiro atoms. The van der Waals surface area contributed by atoms with E-state index in [0.717, 1.165) is 67.4 Å². The average molecular weight is 497 g/mol. The van der Waals surface area contributed by atoms with Crippen LogP contribution in [-0.4, -0.2) is 36.4 Å². The van der Waals surface area contributed by atoms with Crippen LogP contribution in [-0.2, 0) is 6.42 Å². The van der Waals surface area contributed by atoms with Crippen LogP contribution in [0.1, 0.15) is 74.7 Å². The third kappa shape index (κ3) is 5.68. The molecule has 37 heavy (non-hydrogen) atoms. The number of amides is 2. The Morgan fingerprint density at radius 1 is 0.946 bits per heavy atom. The highest BCUT2D eigenvalue weighted by atomic mass is 16.2. The number of fused-ring (bicyclic) bond motifs is 1. The van der Waals surface area contributed by atoms with Crippen molar-refractivity contribution < 1.29 is 9.59 Å². The summed E-state index contributed by atoms with van der Waals surface area (Å²) in [4.78, 5) is 32.5. The number of anilines is 1. The second-order valence-corrected chi connectivity index (χ2v) is 10.4. The molecule has 192 valence electrons. The Hall–Kier alpha value is -3.67. The summed E-state index contributed by atoms with van der Waals surface area (Å²) >= 11 is 0. The number of aromatic nitrogens is 1. The van der Waals surface area contributed by atoms with Gasteiger partial charge < -0.3 is 15.5 Å². The second-order valence-electron chi connectivity index (χ2n) is 10.4. The number of rotatable bonds is 7. The molecule has 1 fully saturated rings. The summed E-state index contributed by atoms with van der Waals surface area (Å²) in [5.41, 5.74) is 6.89. The average Bonchev–Trinajstić information content (AvgIpc) is 3.31. The van der Waals surface area contributed by atoms with Crippen molar-refractivity contribution in [2.75, 3.05) is 24.5 Å². The van der Waals surface area contributed by atoms with Crippen molar-refractivity contribution in [3.8, 4) is 0 Å². The maximum absolute atomic E-state index is 13.1. The molecule has 2 N–H and O–H groups in total. The highest BCUT2D eigenvalue weighted by Crippen LogP contribution is 2.32. The smallest absolute Gasteiger partial charge is 0.252 e. The molecule has 1 aliphatic carbocycles. The Kier molecular flexibility index (Phi) is 7.54. The number of nitrogens with one attached hydrogen (secondary N) is 2. The topological polar surface area (TPSA) is 74.3 Å². The van der Waals surface area contributed by atoms with E-state index in [4.69, 9.17) is 0 Å². The molecule has 6 heteroatoms. The van der Waals surface area contributed by atoms with Gasteiger partial charge in [-0.15, -0.1) is 0 Å². The van der Waals surface area contributed by atoms with Crippen molar-refractivity contribution in [2.45, 2.75) is 52.0 Å². The van der Waals surface area contributed by atoms with Crippen molar-refractivity contribution >= 4 is 17.5 Å². The maximum atomic E-state index is 13.1. The van der Waals surface area contributed by atoms with E-state index in [9.17, 15) is 9.59 Å². The third-order valence-corrected chi connectivity index (χ3v) is 7.98. The Labute approximate surface area is 219 Å². The number of carbonyl (C=O) groups is 2. The van der Waals surface area contributed by atoms with Crippen molar-refractivity contribution in [1.29, 1.82) is 0 Å². The first-order valence-electron chi connectivity index (χ1n) is 13.4. The summed E-state index contributed by atoms with van der Waals surface area (Å²) in [6.45, 7) is 6.71. The molecule has 2 aliphatic rings. The number of aryl methyl sites for hydroxylation is 3. The largest absolute Gasteiger partial charge is 0.371 e. The van der Waals surface area contributed by atoms with Crippen molar-refractivity contribution in [2.24, 2.45) is 5.92 Å². The van der Waals surface area contributed by atoms with Gasteiger partial charge in [-0.05, 0) is 98.4 Å². The van der Waals surface area contributed by atoms with E-state index < -0.39 is 0 Å². The van der Waals surface area contributed by atoms with Crippen molar-refractivity contribution in [3.63, 3.8) is 0 Å². The van der Waals surface area contributed by atoms with Crippen LogP contribution in [0.3, 0.4) is 0 Å². The lowest BCUT2D eigenvalue weighted by Crippen LogP contribution is -2.35. The molecule has 6 nitrogen and oxygen atoms in total. The zero-order chi connectivity index (χ0) is 25.8. The molecule has 5 rings (SSSR count). The molecule has 1 unspecified atom stereocenters. The molecule has 1 atom stereocenters. The van der Waals surface area contributed by atoms with E-state index in [1.807, 2.05) is 62.6 Å². The molecule has 2 aromatic carbocycles. The Morgan fingerprint density at radius 3 is 2.41 bits per heavy atom. The number of piperidine rings is 1. The molecule has 3 aromatic rings. The molecular formula is C31H36N4O2. The van der Waals surface area contributed by atoms with E-state index in [-0.39, 0.29) is 17.9 Å². The summed E-state index contributed by atoms with van der Waals surface area (Å²) in [5, 5.41) is 6.35. The second kappa shape index (κ2) is 11.2. The van der Waals surface area contributed by atoms with Crippen LogP contribution in [0.2, 0.25) is 0 Å². The number of nitrogens with zero attached hydrogens (tertiary/aromatic N) is 2. The number of carbonyl (C=O) groups excluding carboxylic acids is 2. The van der Waals surface area contributed by atoms with Crippen LogP contribution in [0.5, 0.6) is 0 Å². The Morgan fingerprint density at radius 2 is 1.68 bits per heavy atom. The fourth-order valence-electron chi connectivity index (χ4n) is 5.82. The fourth-order valence-corrected chi connectivity index (χ4v) is 5.82. The number of hydrogen-bond acceptors (Lipinski definition) is 4. The van der Waals surface area contributed by atoms with Gasteiger partial charge in [-0.3, -0.25) is 14.6 Å². The van der Waals surface area contributed by atoms with Crippen LogP contribution in [0.25, 0.3) is 0 Å². The zero-order valence-corrected chi connectivity index (χ0v) is 21.8. The molecule has 1 aliphatic heterocycles. The van der Waals surface area contributed by atoms with Gasteiger partial charge in [0.2, 0.25) is 0 Å². The maximum Gasteiger partial charge on any atom is 0.252 e. The third-order valence-electron chi connectivity index (χ3n) is 7.98. The highest BCUT2D eigenvalue weighted by Gasteiger charge is 2.26. The summed E-state index contributed by atoms with van der Waals surface area (Å²) < 4.78 is 0. The van der Waals surface area contributed by atoms with Crippen LogP contribution < -0.4 is 15.5 Å². The molecule has 2 heterocycles. The predicted octanol–water partition coefficient (Wildman–Crippen LogP) is 5.15. The predicted molar refractivity (Wildman–Crippen MR) is 147 cm³/mol. The number of hydrogen-bond donors (Lipinski definition) is 2. The molecule has 1 aromatic heterocycles. The van der Waals surface area contributed by atoms with Crippen LogP contribution in [0.4, 0.5) is 5.69 Å². The van der Waals surface area contributed by atoms with Crippen LogP contribution in [0.15, 0.2) is 60.9 Å². The van der Waals surface area contributed by atoms with Gasteiger partial charge in [0.15, 0.2) is 0 Å². The first kappa shape index (κ1) is 25.0. The fraction of sp³-hybridized carbons (Fsp3) is 0.387. The quantitative estimate of drug-likeness (QED) is 0.474. The highest BCUT2D eigenvalue weighted by molar-refractivity contribution is 5.97. The van der Waals surface area contributed by atoms with Gasteiger partial charge in [-0.25, -0.2) is 0 Å². The first-order chi connectivity index (χ1) is 18.0. The number of pyridine rings is 1. The lowest BCUT2D eigenvalue weighted by Gasteiger charge is -2.33. The lowest BCUT2D eigenvalue weighted by molar-refractivity contribution is 0.0933. The zero-order valence-electron chi connectivity index (χ0n) is 21.8. The van der Waals surface area contributed by atoms with Gasteiger partial charge in [0, 0.05) is 48.8 Å². The molecule has 1 saturated heterocycles. The van der Waals surface area contributed by atoms with Gasteiger partial charge in [0.05, 0.1) is 6.04 Å². The van der Waals surface area contributed by atoms with Gasteiger partial charge in [-0.1, -0.05) is 24.3 Å². The minimum Gasteiger partial charge on any atom is -0.371 e. The van der Waals surface area contributed by atoms with E-state index in [2.05, 4.69) is 32.7 Å². The van der Waals surface area contributed by atoms with E-state index in [0.29, 0.717) is 18.0 Å². The minimum atomic E-state index is -0.0696. The van der Waals surface area contributed by atoms with E-state index in [1.54, 1.807) is 0 Å². The van der Waals surface area contributed by atoms with Gasteiger partial charge >= 0.3 is 0 Å². The minimum absolute atomic E-state index is 0.0382. The van der Waals surface area contributed by atoms with Gasteiger partial charge in [-0.2, -0.15) is 0 Å². The number of benzene rings is 2. The standard InChI is InChI=1S/C31H36N4O2/c1-21-4-3-5-22(2)29(21)31(37)34-28-9-8-24-6-7-25(20-27(24)28)30(36)33-17-10-23-13-18-35(19-14-23)26-11-15-32-16-12-26/h3-7,11-12,15-16,20,23,28H,8-10,13-14,17-19H2,1-2H3,(H,33,36)(H,34,37). The normalized spacial score (nSPS) is 17.4.